The summed E-state index contributed by atoms with van der Waals surface area (Å²) in [6.07, 6.45) is -0.593. The summed E-state index contributed by atoms with van der Waals surface area (Å²) < 4.78 is 0. The van der Waals surface area contributed by atoms with E-state index >= 15 is 0 Å². The summed E-state index contributed by atoms with van der Waals surface area (Å²) in [5.74, 6) is -2.15. The third-order valence-electron chi connectivity index (χ3n) is 0.553. The average molecular weight is 162 g/mol. The molecule has 0 heterocycles. The molecule has 0 aliphatic carbocycles. The van der Waals surface area contributed by atoms with Crippen LogP contribution in [0, 0.1) is 0 Å². The SMILES string of the molecule is O.O=C(O)CCC(=O)O.[H-].[H-].[Mg+2]. The molecule has 58 valence electrons. The molecule has 4 N–H and O–H groups in total. The fourth-order valence-corrected chi connectivity index (χ4v) is 0.214. The molecule has 0 saturated carbocycles. The Kier molecular flexibility index (Phi) is 14.2. The molecule has 0 rings (SSSR count). The fraction of sp³-hybridized carbons (Fsp3) is 0.500. The van der Waals surface area contributed by atoms with Gasteiger partial charge in [-0.05, 0) is 0 Å². The second-order valence-electron chi connectivity index (χ2n) is 1.29. The normalized spacial score (nSPS) is 6.80. The topological polar surface area (TPSA) is 106 Å². The molecule has 0 aliphatic heterocycles. The summed E-state index contributed by atoms with van der Waals surface area (Å²) in [6, 6.07) is 0. The van der Waals surface area contributed by atoms with Gasteiger partial charge in [0, 0.05) is 0 Å². The van der Waals surface area contributed by atoms with E-state index in [9.17, 15) is 9.59 Å². The van der Waals surface area contributed by atoms with E-state index in [1.54, 1.807) is 0 Å². The Hall–Kier alpha value is -0.334. The Morgan fingerprint density at radius 2 is 1.30 bits per heavy atom. The van der Waals surface area contributed by atoms with Crippen molar-refractivity contribution in [3.05, 3.63) is 0 Å². The van der Waals surface area contributed by atoms with E-state index in [1.807, 2.05) is 0 Å². The molecule has 0 aromatic carbocycles. The smallest absolute Gasteiger partial charge is 1.00 e. The predicted molar refractivity (Wildman–Crippen MR) is 36.1 cm³/mol. The van der Waals surface area contributed by atoms with Gasteiger partial charge in [0.1, 0.15) is 0 Å². The van der Waals surface area contributed by atoms with E-state index < -0.39 is 11.9 Å². The summed E-state index contributed by atoms with van der Waals surface area (Å²) in [5.41, 5.74) is 0. The molecule has 0 fully saturated rings. The number of carbonyl (C=O) groups is 2. The summed E-state index contributed by atoms with van der Waals surface area (Å²) >= 11 is 0. The molecule has 0 aliphatic rings. The number of carboxylic acids is 2. The number of hydrogen-bond acceptors (Lipinski definition) is 2. The third-order valence-corrected chi connectivity index (χ3v) is 0.553. The van der Waals surface area contributed by atoms with Crippen molar-refractivity contribution in [1.29, 1.82) is 0 Å². The molecule has 0 bridgehead atoms. The maximum Gasteiger partial charge on any atom is 2.00 e. The zero-order valence-electron chi connectivity index (χ0n) is 7.33. The molecule has 0 aromatic rings. The maximum absolute atomic E-state index is 9.64. The first-order valence-corrected chi connectivity index (χ1v) is 2.06. The molecular formula is C4H10MgO5. The Morgan fingerprint density at radius 3 is 1.40 bits per heavy atom. The van der Waals surface area contributed by atoms with Gasteiger partial charge in [0.2, 0.25) is 0 Å². The van der Waals surface area contributed by atoms with Crippen LogP contribution in [-0.2, 0) is 9.59 Å². The van der Waals surface area contributed by atoms with E-state index in [0.717, 1.165) is 0 Å². The van der Waals surface area contributed by atoms with Gasteiger partial charge in [0.25, 0.3) is 0 Å². The second kappa shape index (κ2) is 8.67. The van der Waals surface area contributed by atoms with Crippen LogP contribution in [0.2, 0.25) is 0 Å². The fourth-order valence-electron chi connectivity index (χ4n) is 0.214. The molecule has 10 heavy (non-hydrogen) atoms. The molecule has 0 saturated heterocycles. The first kappa shape index (κ1) is 16.3. The Labute approximate surface area is 76.5 Å². The Morgan fingerprint density at radius 1 is 1.10 bits per heavy atom. The number of aliphatic carboxylic acids is 2. The van der Waals surface area contributed by atoms with Gasteiger partial charge in [0.05, 0.1) is 12.8 Å². The van der Waals surface area contributed by atoms with Crippen LogP contribution in [0.5, 0.6) is 0 Å². The minimum atomic E-state index is -1.08. The maximum atomic E-state index is 9.64. The van der Waals surface area contributed by atoms with Crippen molar-refractivity contribution < 1.29 is 28.1 Å². The van der Waals surface area contributed by atoms with Crippen molar-refractivity contribution in [2.45, 2.75) is 12.8 Å². The number of carboxylic acid groups (broad SMARTS) is 2. The van der Waals surface area contributed by atoms with Gasteiger partial charge in [0.15, 0.2) is 0 Å². The van der Waals surface area contributed by atoms with Crippen LogP contribution < -0.4 is 0 Å². The second-order valence-corrected chi connectivity index (χ2v) is 1.29. The third kappa shape index (κ3) is 15.6. The van der Waals surface area contributed by atoms with Crippen molar-refractivity contribution in [2.75, 3.05) is 0 Å². The average Bonchev–Trinajstić information content (AvgIpc) is 1.61. The van der Waals surface area contributed by atoms with E-state index in [2.05, 4.69) is 0 Å². The van der Waals surface area contributed by atoms with Crippen LogP contribution in [0.1, 0.15) is 15.7 Å². The molecule has 0 amide bonds. The minimum absolute atomic E-state index is 0. The molecule has 0 spiro atoms. The van der Waals surface area contributed by atoms with Crippen molar-refractivity contribution in [1.82, 2.24) is 0 Å². The van der Waals surface area contributed by atoms with Gasteiger partial charge in [-0.1, -0.05) is 0 Å². The zero-order valence-corrected chi connectivity index (χ0v) is 6.75. The largest absolute Gasteiger partial charge is 2.00 e. The van der Waals surface area contributed by atoms with Gasteiger partial charge < -0.3 is 18.5 Å². The molecular weight excluding hydrogens is 152 g/mol. The van der Waals surface area contributed by atoms with Crippen LogP contribution in [0.3, 0.4) is 0 Å². The minimum Gasteiger partial charge on any atom is -1.00 e. The van der Waals surface area contributed by atoms with E-state index in [-0.39, 0.29) is 44.2 Å². The molecule has 0 unspecified atom stereocenters. The molecule has 0 radical (unpaired) electrons. The van der Waals surface area contributed by atoms with Gasteiger partial charge in [-0.25, -0.2) is 0 Å². The summed E-state index contributed by atoms with van der Waals surface area (Å²) in [5, 5.41) is 15.8. The summed E-state index contributed by atoms with van der Waals surface area (Å²) in [6.45, 7) is 0. The quantitative estimate of drug-likeness (QED) is 0.517. The van der Waals surface area contributed by atoms with Crippen molar-refractivity contribution in [3.63, 3.8) is 0 Å². The zero-order chi connectivity index (χ0) is 6.57. The molecule has 0 aromatic heterocycles. The summed E-state index contributed by atoms with van der Waals surface area (Å²) in [4.78, 5) is 19.3. The standard InChI is InChI=1S/C4H6O4.Mg.H2O.2H/c5-3(6)1-2-4(7)8;;;;/h1-2H2,(H,5,6)(H,7,8);;1H2;;/q;+2;;2*-1. The van der Waals surface area contributed by atoms with Crippen LogP contribution in [-0.4, -0.2) is 50.7 Å². The van der Waals surface area contributed by atoms with E-state index in [4.69, 9.17) is 10.2 Å². The molecule has 0 atom stereocenters. The first-order chi connectivity index (χ1) is 3.63. The van der Waals surface area contributed by atoms with Crippen LogP contribution in [0.25, 0.3) is 0 Å². The van der Waals surface area contributed by atoms with Crippen LogP contribution in [0.15, 0.2) is 0 Å². The number of hydrogen-bond donors (Lipinski definition) is 2. The summed E-state index contributed by atoms with van der Waals surface area (Å²) in [7, 11) is 0. The van der Waals surface area contributed by atoms with Gasteiger partial charge in [-0.3, -0.25) is 9.59 Å². The van der Waals surface area contributed by atoms with Gasteiger partial charge in [-0.15, -0.1) is 0 Å². The number of rotatable bonds is 3. The van der Waals surface area contributed by atoms with Gasteiger partial charge in [-0.2, -0.15) is 0 Å². The Bertz CT molecular complexity index is 106. The van der Waals surface area contributed by atoms with Crippen LogP contribution >= 0.6 is 0 Å². The van der Waals surface area contributed by atoms with Crippen molar-refractivity contribution >= 4 is 35.0 Å². The molecule has 5 nitrogen and oxygen atoms in total. The molecule has 6 heteroatoms. The van der Waals surface area contributed by atoms with Crippen molar-refractivity contribution in [3.8, 4) is 0 Å². The monoisotopic (exact) mass is 162 g/mol. The Balaban J connectivity index is -0.0000000408. The van der Waals surface area contributed by atoms with E-state index in [1.165, 1.54) is 0 Å². The van der Waals surface area contributed by atoms with Crippen molar-refractivity contribution in [2.24, 2.45) is 0 Å². The van der Waals surface area contributed by atoms with Gasteiger partial charge >= 0.3 is 35.0 Å². The first-order valence-electron chi connectivity index (χ1n) is 2.06. The van der Waals surface area contributed by atoms with E-state index in [0.29, 0.717) is 0 Å². The predicted octanol–water partition coefficient (Wildman–Crippen LogP) is -1.04. The van der Waals surface area contributed by atoms with Crippen LogP contribution in [0.4, 0.5) is 0 Å².